The molecule has 1 saturated heterocycles. The Hall–Kier alpha value is -1.69. The van der Waals surface area contributed by atoms with E-state index in [-0.39, 0.29) is 23.3 Å². The van der Waals surface area contributed by atoms with Crippen molar-refractivity contribution in [2.45, 2.75) is 18.9 Å². The van der Waals surface area contributed by atoms with Crippen LogP contribution in [0.3, 0.4) is 0 Å². The number of carbonyl (C=O) groups is 1. The van der Waals surface area contributed by atoms with E-state index in [4.69, 9.17) is 4.74 Å². The van der Waals surface area contributed by atoms with Crippen LogP contribution in [0, 0.1) is 11.6 Å². The predicted octanol–water partition coefficient (Wildman–Crippen LogP) is 2.26. The summed E-state index contributed by atoms with van der Waals surface area (Å²) >= 11 is 0. The summed E-state index contributed by atoms with van der Waals surface area (Å²) in [6.45, 7) is 1.07. The van der Waals surface area contributed by atoms with Crippen LogP contribution in [0.15, 0.2) is 12.1 Å². The number of carbonyl (C=O) groups excluding carboxylic acids is 1. The summed E-state index contributed by atoms with van der Waals surface area (Å²) in [7, 11) is 3.07. The second-order valence-corrected chi connectivity index (χ2v) is 4.79. The molecule has 1 heterocycles. The fourth-order valence-electron chi connectivity index (χ4n) is 2.41. The van der Waals surface area contributed by atoms with Crippen molar-refractivity contribution in [1.29, 1.82) is 0 Å². The molecule has 1 amide bonds. The molecule has 20 heavy (non-hydrogen) atoms. The minimum absolute atomic E-state index is 0.0369. The van der Waals surface area contributed by atoms with Gasteiger partial charge in [-0.05, 0) is 25.0 Å². The third-order valence-corrected chi connectivity index (χ3v) is 3.60. The monoisotopic (exact) mass is 284 g/mol. The maximum atomic E-state index is 13.7. The second-order valence-electron chi connectivity index (χ2n) is 4.79. The molecule has 0 bridgehead atoms. The first kappa shape index (κ1) is 14.7. The van der Waals surface area contributed by atoms with Gasteiger partial charge in [-0.25, -0.2) is 8.78 Å². The van der Waals surface area contributed by atoms with Crippen LogP contribution in [-0.4, -0.2) is 44.2 Å². The van der Waals surface area contributed by atoms with E-state index in [9.17, 15) is 13.6 Å². The molecule has 1 aliphatic rings. The lowest BCUT2D eigenvalue weighted by Gasteiger charge is -2.31. The van der Waals surface area contributed by atoms with Gasteiger partial charge >= 0.3 is 0 Å². The number of hydrogen-bond donors (Lipinski definition) is 1. The van der Waals surface area contributed by atoms with E-state index in [0.29, 0.717) is 13.1 Å². The summed E-state index contributed by atoms with van der Waals surface area (Å²) in [5.74, 6) is -1.87. The summed E-state index contributed by atoms with van der Waals surface area (Å²) in [6.07, 6.45) is 1.63. The fraction of sp³-hybridized carbons (Fsp3) is 0.500. The molecule has 0 unspecified atom stereocenters. The molecular weight excluding hydrogens is 266 g/mol. The SMILES string of the molecule is CNc1c(F)cc(C(=O)N2CCC(OC)CC2)cc1F. The molecule has 0 aromatic heterocycles. The summed E-state index contributed by atoms with van der Waals surface area (Å²) < 4.78 is 32.6. The summed E-state index contributed by atoms with van der Waals surface area (Å²) in [6, 6.07) is 2.14. The normalized spacial score (nSPS) is 16.3. The van der Waals surface area contributed by atoms with Gasteiger partial charge in [-0.15, -0.1) is 0 Å². The highest BCUT2D eigenvalue weighted by Gasteiger charge is 2.24. The average Bonchev–Trinajstić information content (AvgIpc) is 2.46. The number of rotatable bonds is 3. The lowest BCUT2D eigenvalue weighted by Crippen LogP contribution is -2.40. The minimum Gasteiger partial charge on any atom is -0.383 e. The Labute approximate surface area is 116 Å². The van der Waals surface area contributed by atoms with Gasteiger partial charge in [0.15, 0.2) is 0 Å². The average molecular weight is 284 g/mol. The van der Waals surface area contributed by atoms with Gasteiger partial charge in [0.2, 0.25) is 0 Å². The van der Waals surface area contributed by atoms with Gasteiger partial charge in [0, 0.05) is 32.8 Å². The van der Waals surface area contributed by atoms with Crippen molar-refractivity contribution in [3.63, 3.8) is 0 Å². The maximum Gasteiger partial charge on any atom is 0.254 e. The van der Waals surface area contributed by atoms with Crippen molar-refractivity contribution in [3.8, 4) is 0 Å². The first-order valence-electron chi connectivity index (χ1n) is 6.55. The number of halogens is 2. The van der Waals surface area contributed by atoms with Crippen molar-refractivity contribution in [1.82, 2.24) is 4.90 Å². The highest BCUT2D eigenvalue weighted by molar-refractivity contribution is 5.94. The Balaban J connectivity index is 2.14. The van der Waals surface area contributed by atoms with Gasteiger partial charge in [-0.3, -0.25) is 4.79 Å². The van der Waals surface area contributed by atoms with Crippen LogP contribution < -0.4 is 5.32 Å². The van der Waals surface area contributed by atoms with E-state index in [0.717, 1.165) is 25.0 Å². The lowest BCUT2D eigenvalue weighted by atomic mass is 10.1. The molecule has 0 radical (unpaired) electrons. The third-order valence-electron chi connectivity index (χ3n) is 3.60. The molecule has 1 aliphatic heterocycles. The fourth-order valence-corrected chi connectivity index (χ4v) is 2.41. The zero-order valence-electron chi connectivity index (χ0n) is 11.6. The van der Waals surface area contributed by atoms with Crippen LogP contribution in [-0.2, 0) is 4.74 Å². The van der Waals surface area contributed by atoms with Gasteiger partial charge in [0.05, 0.1) is 6.10 Å². The number of nitrogens with one attached hydrogen (secondary N) is 1. The molecule has 0 atom stereocenters. The van der Waals surface area contributed by atoms with Crippen molar-refractivity contribution in [3.05, 3.63) is 29.3 Å². The molecule has 0 saturated carbocycles. The Morgan fingerprint density at radius 2 is 1.85 bits per heavy atom. The molecule has 1 fully saturated rings. The highest BCUT2D eigenvalue weighted by Crippen LogP contribution is 2.22. The number of piperidine rings is 1. The Morgan fingerprint density at radius 3 is 2.30 bits per heavy atom. The van der Waals surface area contributed by atoms with Crippen LogP contribution in [0.4, 0.5) is 14.5 Å². The van der Waals surface area contributed by atoms with Crippen molar-refractivity contribution in [2.75, 3.05) is 32.6 Å². The van der Waals surface area contributed by atoms with E-state index >= 15 is 0 Å². The molecule has 1 N–H and O–H groups in total. The molecule has 0 aliphatic carbocycles. The number of hydrogen-bond acceptors (Lipinski definition) is 3. The van der Waals surface area contributed by atoms with Crippen molar-refractivity contribution in [2.24, 2.45) is 0 Å². The van der Waals surface area contributed by atoms with E-state index < -0.39 is 11.6 Å². The van der Waals surface area contributed by atoms with E-state index in [2.05, 4.69) is 5.32 Å². The van der Waals surface area contributed by atoms with Gasteiger partial charge in [-0.1, -0.05) is 0 Å². The smallest absolute Gasteiger partial charge is 0.254 e. The zero-order valence-corrected chi connectivity index (χ0v) is 11.6. The summed E-state index contributed by atoms with van der Waals surface area (Å²) in [5, 5.41) is 2.43. The van der Waals surface area contributed by atoms with E-state index in [1.54, 1.807) is 12.0 Å². The maximum absolute atomic E-state index is 13.7. The number of likely N-dealkylation sites (tertiary alicyclic amines) is 1. The lowest BCUT2D eigenvalue weighted by molar-refractivity contribution is 0.0350. The molecule has 6 heteroatoms. The molecule has 110 valence electrons. The molecule has 1 aromatic carbocycles. The first-order chi connectivity index (χ1) is 9.56. The van der Waals surface area contributed by atoms with Gasteiger partial charge in [0.25, 0.3) is 5.91 Å². The van der Waals surface area contributed by atoms with Crippen molar-refractivity contribution < 1.29 is 18.3 Å². The third kappa shape index (κ3) is 2.90. The molecule has 2 rings (SSSR count). The molecule has 0 spiro atoms. The summed E-state index contributed by atoms with van der Waals surface area (Å²) in [5.41, 5.74) is -0.186. The second kappa shape index (κ2) is 6.17. The summed E-state index contributed by atoms with van der Waals surface area (Å²) in [4.78, 5) is 13.8. The standard InChI is InChI=1S/C14H18F2N2O2/c1-17-13-11(15)7-9(8-12(13)16)14(19)18-5-3-10(20-2)4-6-18/h7-8,10,17H,3-6H2,1-2H3. The highest BCUT2D eigenvalue weighted by atomic mass is 19.1. The van der Waals surface area contributed by atoms with Crippen LogP contribution in [0.2, 0.25) is 0 Å². The van der Waals surface area contributed by atoms with Crippen LogP contribution in [0.25, 0.3) is 0 Å². The molecule has 1 aromatic rings. The number of nitrogens with zero attached hydrogens (tertiary/aromatic N) is 1. The number of amides is 1. The van der Waals surface area contributed by atoms with Crippen LogP contribution in [0.5, 0.6) is 0 Å². The topological polar surface area (TPSA) is 41.6 Å². The van der Waals surface area contributed by atoms with E-state index in [1.165, 1.54) is 7.05 Å². The molecule has 4 nitrogen and oxygen atoms in total. The van der Waals surface area contributed by atoms with Gasteiger partial charge < -0.3 is 15.0 Å². The number of ether oxygens (including phenoxy) is 1. The van der Waals surface area contributed by atoms with Gasteiger partial charge in [-0.2, -0.15) is 0 Å². The van der Waals surface area contributed by atoms with Crippen LogP contribution >= 0.6 is 0 Å². The van der Waals surface area contributed by atoms with Gasteiger partial charge in [0.1, 0.15) is 17.3 Å². The molecular formula is C14H18F2N2O2. The quantitative estimate of drug-likeness (QED) is 0.925. The number of methoxy groups -OCH3 is 1. The largest absolute Gasteiger partial charge is 0.383 e. The predicted molar refractivity (Wildman–Crippen MR) is 71.8 cm³/mol. The number of anilines is 1. The van der Waals surface area contributed by atoms with Crippen molar-refractivity contribution >= 4 is 11.6 Å². The minimum atomic E-state index is -0.761. The number of benzene rings is 1. The van der Waals surface area contributed by atoms with E-state index in [1.807, 2.05) is 0 Å². The Bertz CT molecular complexity index is 477. The zero-order chi connectivity index (χ0) is 14.7. The Kier molecular flexibility index (Phi) is 4.54. The Morgan fingerprint density at radius 1 is 1.30 bits per heavy atom. The first-order valence-corrected chi connectivity index (χ1v) is 6.55. The van der Waals surface area contributed by atoms with Crippen LogP contribution in [0.1, 0.15) is 23.2 Å².